The SMILES string of the molecule is Cc1ccc(N2CC(C(=O)NCC(c3cccs3)S(=O)(=O)c3ccc(C)cc3)CC2=O)cc1. The number of rotatable bonds is 7. The fourth-order valence-corrected chi connectivity index (χ4v) is 6.71. The maximum atomic E-state index is 13.4. The summed E-state index contributed by atoms with van der Waals surface area (Å²) in [6.45, 7) is 4.10. The van der Waals surface area contributed by atoms with E-state index >= 15 is 0 Å². The van der Waals surface area contributed by atoms with Gasteiger partial charge in [-0.1, -0.05) is 41.5 Å². The fraction of sp³-hybridized carbons (Fsp3) is 0.280. The lowest BCUT2D eigenvalue weighted by Crippen LogP contribution is -2.37. The van der Waals surface area contributed by atoms with E-state index in [4.69, 9.17) is 0 Å². The summed E-state index contributed by atoms with van der Waals surface area (Å²) in [5.41, 5.74) is 2.83. The lowest BCUT2D eigenvalue weighted by atomic mass is 10.1. The average molecular weight is 483 g/mol. The Bertz CT molecular complexity index is 1230. The quantitative estimate of drug-likeness (QED) is 0.551. The number of nitrogens with one attached hydrogen (secondary N) is 1. The summed E-state index contributed by atoms with van der Waals surface area (Å²) in [7, 11) is -3.71. The third kappa shape index (κ3) is 5.02. The molecule has 4 rings (SSSR count). The second-order valence-corrected chi connectivity index (χ2v) is 11.5. The van der Waals surface area contributed by atoms with Crippen LogP contribution >= 0.6 is 11.3 Å². The molecule has 0 spiro atoms. The molecule has 1 saturated heterocycles. The molecule has 1 fully saturated rings. The van der Waals surface area contributed by atoms with E-state index in [2.05, 4.69) is 5.32 Å². The van der Waals surface area contributed by atoms with Gasteiger partial charge in [0.05, 0.1) is 10.8 Å². The molecule has 3 aromatic rings. The molecule has 172 valence electrons. The van der Waals surface area contributed by atoms with Gasteiger partial charge >= 0.3 is 0 Å². The van der Waals surface area contributed by atoms with Crippen LogP contribution < -0.4 is 10.2 Å². The first kappa shape index (κ1) is 23.2. The molecule has 1 aliphatic rings. The predicted octanol–water partition coefficient (Wildman–Crippen LogP) is 4.05. The summed E-state index contributed by atoms with van der Waals surface area (Å²) in [4.78, 5) is 28.0. The van der Waals surface area contributed by atoms with Crippen LogP contribution in [0.15, 0.2) is 70.9 Å². The van der Waals surface area contributed by atoms with Crippen molar-refractivity contribution in [1.82, 2.24) is 5.32 Å². The number of hydrogen-bond acceptors (Lipinski definition) is 5. The van der Waals surface area contributed by atoms with Crippen LogP contribution in [-0.4, -0.2) is 33.3 Å². The normalized spacial score (nSPS) is 17.2. The topological polar surface area (TPSA) is 83.6 Å². The minimum atomic E-state index is -3.71. The number of carbonyl (C=O) groups excluding carboxylic acids is 2. The summed E-state index contributed by atoms with van der Waals surface area (Å²) in [5, 5.41) is 3.74. The molecule has 2 amide bonds. The van der Waals surface area contributed by atoms with Crippen molar-refractivity contribution < 1.29 is 18.0 Å². The molecule has 0 bridgehead atoms. The lowest BCUT2D eigenvalue weighted by Gasteiger charge is -2.19. The van der Waals surface area contributed by atoms with Gasteiger partial charge in [-0.25, -0.2) is 8.42 Å². The Morgan fingerprint density at radius 3 is 2.30 bits per heavy atom. The van der Waals surface area contributed by atoms with Crippen molar-refractivity contribution >= 4 is 38.7 Å². The van der Waals surface area contributed by atoms with Crippen molar-refractivity contribution in [3.63, 3.8) is 0 Å². The van der Waals surface area contributed by atoms with Crippen molar-refractivity contribution in [2.24, 2.45) is 5.92 Å². The number of benzene rings is 2. The van der Waals surface area contributed by atoms with Gasteiger partial charge in [-0.2, -0.15) is 0 Å². The Morgan fingerprint density at radius 1 is 1.06 bits per heavy atom. The first-order chi connectivity index (χ1) is 15.8. The number of anilines is 1. The Morgan fingerprint density at radius 2 is 1.70 bits per heavy atom. The van der Waals surface area contributed by atoms with Crippen LogP contribution in [0.25, 0.3) is 0 Å². The van der Waals surface area contributed by atoms with E-state index in [-0.39, 0.29) is 36.2 Å². The van der Waals surface area contributed by atoms with Crippen molar-refractivity contribution in [2.75, 3.05) is 18.0 Å². The average Bonchev–Trinajstić information content (AvgIpc) is 3.45. The van der Waals surface area contributed by atoms with Crippen molar-refractivity contribution in [2.45, 2.75) is 30.4 Å². The summed E-state index contributed by atoms with van der Waals surface area (Å²) in [5.74, 6) is -0.940. The van der Waals surface area contributed by atoms with Gasteiger partial charge < -0.3 is 10.2 Å². The maximum Gasteiger partial charge on any atom is 0.227 e. The van der Waals surface area contributed by atoms with Crippen LogP contribution in [0.3, 0.4) is 0 Å². The minimum Gasteiger partial charge on any atom is -0.354 e. The summed E-state index contributed by atoms with van der Waals surface area (Å²) < 4.78 is 26.8. The second kappa shape index (κ2) is 9.49. The largest absolute Gasteiger partial charge is 0.354 e. The number of hydrogen-bond donors (Lipinski definition) is 1. The number of thiophene rings is 1. The number of aryl methyl sites for hydroxylation is 2. The monoisotopic (exact) mass is 482 g/mol. The van der Waals surface area contributed by atoms with E-state index in [0.29, 0.717) is 4.88 Å². The fourth-order valence-electron chi connectivity index (χ4n) is 3.92. The molecule has 1 N–H and O–H groups in total. The first-order valence-electron chi connectivity index (χ1n) is 10.7. The van der Waals surface area contributed by atoms with E-state index < -0.39 is 21.0 Å². The number of amides is 2. The molecule has 2 atom stereocenters. The Hall–Kier alpha value is -2.97. The molecule has 0 saturated carbocycles. The van der Waals surface area contributed by atoms with E-state index in [1.54, 1.807) is 41.3 Å². The zero-order valence-corrected chi connectivity index (χ0v) is 20.2. The summed E-state index contributed by atoms with van der Waals surface area (Å²) in [6, 6.07) is 17.9. The van der Waals surface area contributed by atoms with Gasteiger partial charge in [0.2, 0.25) is 11.8 Å². The lowest BCUT2D eigenvalue weighted by molar-refractivity contribution is -0.126. The number of nitrogens with zero attached hydrogens (tertiary/aromatic N) is 1. The highest BCUT2D eigenvalue weighted by atomic mass is 32.2. The smallest absolute Gasteiger partial charge is 0.227 e. The van der Waals surface area contributed by atoms with Gasteiger partial charge in [0.15, 0.2) is 9.84 Å². The van der Waals surface area contributed by atoms with Gasteiger partial charge in [0, 0.05) is 30.1 Å². The van der Waals surface area contributed by atoms with Crippen LogP contribution in [0.2, 0.25) is 0 Å². The zero-order valence-electron chi connectivity index (χ0n) is 18.5. The first-order valence-corrected chi connectivity index (χ1v) is 13.2. The van der Waals surface area contributed by atoms with Gasteiger partial charge in [0.1, 0.15) is 5.25 Å². The second-order valence-electron chi connectivity index (χ2n) is 8.35. The van der Waals surface area contributed by atoms with Gasteiger partial charge in [-0.15, -0.1) is 11.3 Å². The Balaban J connectivity index is 1.48. The highest BCUT2D eigenvalue weighted by Crippen LogP contribution is 2.32. The summed E-state index contributed by atoms with van der Waals surface area (Å²) in [6.07, 6.45) is 0.105. The Labute approximate surface area is 198 Å². The van der Waals surface area contributed by atoms with Crippen molar-refractivity contribution in [1.29, 1.82) is 0 Å². The molecular formula is C25H26N2O4S2. The molecular weight excluding hydrogens is 456 g/mol. The standard InChI is InChI=1S/C25H26N2O4S2/c1-17-5-9-20(10-6-17)27-16-19(14-24(27)28)25(29)26-15-23(22-4-3-13-32-22)33(30,31)21-11-7-18(2)8-12-21/h3-13,19,23H,14-16H2,1-2H3,(H,26,29). The van der Waals surface area contributed by atoms with Gasteiger partial charge in [-0.05, 0) is 49.6 Å². The van der Waals surface area contributed by atoms with Crippen LogP contribution in [0.5, 0.6) is 0 Å². The van der Waals surface area contributed by atoms with E-state index in [1.807, 2.05) is 43.5 Å². The van der Waals surface area contributed by atoms with Crippen molar-refractivity contribution in [3.05, 3.63) is 82.0 Å². The van der Waals surface area contributed by atoms with E-state index in [0.717, 1.165) is 16.8 Å². The highest BCUT2D eigenvalue weighted by Gasteiger charge is 2.36. The van der Waals surface area contributed by atoms with Crippen molar-refractivity contribution in [3.8, 4) is 0 Å². The molecule has 33 heavy (non-hydrogen) atoms. The molecule has 0 radical (unpaired) electrons. The molecule has 8 heteroatoms. The predicted molar refractivity (Wildman–Crippen MR) is 130 cm³/mol. The minimum absolute atomic E-state index is 0.0508. The van der Waals surface area contributed by atoms with E-state index in [1.165, 1.54) is 11.3 Å². The molecule has 0 aliphatic carbocycles. The van der Waals surface area contributed by atoms with Gasteiger partial charge in [0.25, 0.3) is 0 Å². The van der Waals surface area contributed by atoms with Crippen LogP contribution in [0, 0.1) is 19.8 Å². The molecule has 1 aromatic heterocycles. The van der Waals surface area contributed by atoms with Crippen LogP contribution in [0.4, 0.5) is 5.69 Å². The van der Waals surface area contributed by atoms with Crippen LogP contribution in [-0.2, 0) is 19.4 Å². The van der Waals surface area contributed by atoms with Gasteiger partial charge in [-0.3, -0.25) is 9.59 Å². The molecule has 2 aromatic carbocycles. The maximum absolute atomic E-state index is 13.4. The highest BCUT2D eigenvalue weighted by molar-refractivity contribution is 7.91. The third-order valence-corrected chi connectivity index (χ3v) is 9.12. The molecule has 2 heterocycles. The summed E-state index contributed by atoms with van der Waals surface area (Å²) >= 11 is 1.35. The molecule has 6 nitrogen and oxygen atoms in total. The third-order valence-electron chi connectivity index (χ3n) is 5.89. The molecule has 2 unspecified atom stereocenters. The van der Waals surface area contributed by atoms with Crippen LogP contribution in [0.1, 0.15) is 27.7 Å². The molecule has 1 aliphatic heterocycles. The number of carbonyl (C=O) groups is 2. The zero-order chi connectivity index (χ0) is 23.6. The Kier molecular flexibility index (Phi) is 6.67. The number of sulfone groups is 1. The van der Waals surface area contributed by atoms with E-state index in [9.17, 15) is 18.0 Å².